The molecule has 0 aliphatic heterocycles. The second-order valence-electron chi connectivity index (χ2n) is 5.11. The van der Waals surface area contributed by atoms with Crippen molar-refractivity contribution < 1.29 is 8.42 Å². The van der Waals surface area contributed by atoms with Crippen LogP contribution in [0.25, 0.3) is 0 Å². The summed E-state index contributed by atoms with van der Waals surface area (Å²) in [6, 6.07) is 7.13. The van der Waals surface area contributed by atoms with Gasteiger partial charge in [-0.3, -0.25) is 0 Å². The van der Waals surface area contributed by atoms with Gasteiger partial charge in [0.15, 0.2) is 0 Å². The zero-order valence-electron chi connectivity index (χ0n) is 10.6. The highest BCUT2D eigenvalue weighted by Gasteiger charge is 2.38. The highest BCUT2D eigenvalue weighted by Crippen LogP contribution is 2.33. The Labute approximate surface area is 114 Å². The molecule has 0 bridgehead atoms. The van der Waals surface area contributed by atoms with E-state index in [4.69, 9.17) is 11.6 Å². The average molecular weight is 288 g/mol. The molecule has 0 aromatic heterocycles. The van der Waals surface area contributed by atoms with E-state index < -0.39 is 10.0 Å². The van der Waals surface area contributed by atoms with Crippen molar-refractivity contribution in [3.63, 3.8) is 0 Å². The Morgan fingerprint density at radius 2 is 1.89 bits per heavy atom. The smallest absolute Gasteiger partial charge is 0.212 e. The van der Waals surface area contributed by atoms with Gasteiger partial charge in [-0.15, -0.1) is 0 Å². The third-order valence-corrected chi connectivity index (χ3v) is 5.44. The van der Waals surface area contributed by atoms with Gasteiger partial charge in [-0.05, 0) is 30.4 Å². The molecule has 18 heavy (non-hydrogen) atoms. The molecule has 1 aliphatic rings. The van der Waals surface area contributed by atoms with E-state index in [1.54, 1.807) is 6.07 Å². The minimum absolute atomic E-state index is 0.151. The van der Waals surface area contributed by atoms with Gasteiger partial charge in [-0.1, -0.05) is 43.6 Å². The largest absolute Gasteiger partial charge is 0.215 e. The monoisotopic (exact) mass is 287 g/mol. The van der Waals surface area contributed by atoms with Gasteiger partial charge in [0.05, 0.1) is 11.3 Å². The fourth-order valence-electron chi connectivity index (χ4n) is 1.94. The van der Waals surface area contributed by atoms with Crippen LogP contribution in [-0.2, 0) is 10.0 Å². The van der Waals surface area contributed by atoms with Crippen molar-refractivity contribution in [1.29, 1.82) is 0 Å². The minimum atomic E-state index is -3.20. The van der Waals surface area contributed by atoms with Crippen LogP contribution in [0.1, 0.15) is 38.3 Å². The van der Waals surface area contributed by atoms with E-state index in [9.17, 15) is 8.42 Å². The Morgan fingerprint density at radius 1 is 1.28 bits per heavy atom. The molecule has 1 unspecified atom stereocenters. The topological polar surface area (TPSA) is 46.2 Å². The predicted molar refractivity (Wildman–Crippen MR) is 74.1 cm³/mol. The summed E-state index contributed by atoms with van der Waals surface area (Å²) >= 11 is 6.15. The summed E-state index contributed by atoms with van der Waals surface area (Å²) < 4.78 is 26.9. The van der Waals surface area contributed by atoms with Crippen molar-refractivity contribution in [3.8, 4) is 0 Å². The number of benzene rings is 1. The van der Waals surface area contributed by atoms with E-state index in [1.807, 2.05) is 32.0 Å². The highest BCUT2D eigenvalue weighted by atomic mass is 35.5. The molecule has 0 amide bonds. The molecule has 2 rings (SSSR count). The molecule has 1 saturated carbocycles. The van der Waals surface area contributed by atoms with Gasteiger partial charge in [-0.2, -0.15) is 0 Å². The van der Waals surface area contributed by atoms with Crippen molar-refractivity contribution in [2.75, 3.05) is 0 Å². The van der Waals surface area contributed by atoms with Crippen molar-refractivity contribution in [2.45, 2.75) is 38.0 Å². The van der Waals surface area contributed by atoms with Crippen LogP contribution in [0.2, 0.25) is 5.02 Å². The van der Waals surface area contributed by atoms with Crippen LogP contribution >= 0.6 is 11.6 Å². The Morgan fingerprint density at radius 3 is 2.39 bits per heavy atom. The molecule has 1 aromatic rings. The Balaban J connectivity index is 2.27. The van der Waals surface area contributed by atoms with E-state index in [1.165, 1.54) is 0 Å². The maximum atomic E-state index is 12.0. The predicted octanol–water partition coefficient (Wildman–Crippen LogP) is 3.12. The van der Waals surface area contributed by atoms with Gasteiger partial charge in [-0.25, -0.2) is 13.1 Å². The van der Waals surface area contributed by atoms with E-state index in [2.05, 4.69) is 4.72 Å². The van der Waals surface area contributed by atoms with E-state index >= 15 is 0 Å². The average Bonchev–Trinajstić information content (AvgIpc) is 3.10. The maximum Gasteiger partial charge on any atom is 0.215 e. The maximum absolute atomic E-state index is 12.0. The zero-order chi connectivity index (χ0) is 13.3. The summed E-state index contributed by atoms with van der Waals surface area (Å²) in [5.41, 5.74) is 0.846. The Bertz CT molecular complexity index is 524. The molecule has 1 atom stereocenters. The van der Waals surface area contributed by atoms with E-state index in [0.29, 0.717) is 5.02 Å². The third-order valence-electron chi connectivity index (χ3n) is 3.16. The summed E-state index contributed by atoms with van der Waals surface area (Å²) in [5.74, 6) is 0.151. The number of sulfonamides is 1. The molecule has 5 heteroatoms. The zero-order valence-corrected chi connectivity index (χ0v) is 12.1. The van der Waals surface area contributed by atoms with Crippen molar-refractivity contribution in [2.24, 2.45) is 5.92 Å². The van der Waals surface area contributed by atoms with Gasteiger partial charge in [0, 0.05) is 5.02 Å². The summed E-state index contributed by atoms with van der Waals surface area (Å²) in [4.78, 5) is 0. The lowest BCUT2D eigenvalue weighted by atomic mass is 9.97. The standard InChI is InChI=1S/C13H18ClNO2S/c1-9(2)13(11-5-3-4-6-12(11)14)15-18(16,17)10-7-8-10/h3-6,9-10,13,15H,7-8H2,1-2H3. The van der Waals surface area contributed by atoms with Crippen LogP contribution in [0, 0.1) is 5.92 Å². The van der Waals surface area contributed by atoms with E-state index in [-0.39, 0.29) is 17.2 Å². The minimum Gasteiger partial charge on any atom is -0.212 e. The lowest BCUT2D eigenvalue weighted by molar-refractivity contribution is 0.462. The number of hydrogen-bond donors (Lipinski definition) is 1. The highest BCUT2D eigenvalue weighted by molar-refractivity contribution is 7.90. The number of hydrogen-bond acceptors (Lipinski definition) is 2. The first-order chi connectivity index (χ1) is 8.42. The van der Waals surface area contributed by atoms with E-state index in [0.717, 1.165) is 18.4 Å². The lowest BCUT2D eigenvalue weighted by Crippen LogP contribution is -2.34. The van der Waals surface area contributed by atoms with Crippen LogP contribution < -0.4 is 4.72 Å². The molecule has 1 aliphatic carbocycles. The lowest BCUT2D eigenvalue weighted by Gasteiger charge is -2.23. The summed E-state index contributed by atoms with van der Waals surface area (Å²) in [5, 5.41) is 0.399. The fraction of sp³-hybridized carbons (Fsp3) is 0.538. The quantitative estimate of drug-likeness (QED) is 0.904. The fourth-order valence-corrected chi connectivity index (χ4v) is 3.89. The molecular formula is C13H18ClNO2S. The van der Waals surface area contributed by atoms with Gasteiger partial charge >= 0.3 is 0 Å². The summed E-state index contributed by atoms with van der Waals surface area (Å²) in [6.07, 6.45) is 1.53. The number of nitrogens with one attached hydrogen (secondary N) is 1. The molecule has 0 heterocycles. The molecule has 1 N–H and O–H groups in total. The SMILES string of the molecule is CC(C)C(NS(=O)(=O)C1CC1)c1ccccc1Cl. The third kappa shape index (κ3) is 3.05. The summed E-state index contributed by atoms with van der Waals surface area (Å²) in [6.45, 7) is 3.98. The number of rotatable bonds is 5. The first-order valence-corrected chi connectivity index (χ1v) is 8.10. The van der Waals surface area contributed by atoms with Gasteiger partial charge in [0.25, 0.3) is 0 Å². The molecule has 3 nitrogen and oxygen atoms in total. The molecule has 0 saturated heterocycles. The first-order valence-electron chi connectivity index (χ1n) is 6.17. The van der Waals surface area contributed by atoms with Crippen LogP contribution in [-0.4, -0.2) is 13.7 Å². The van der Waals surface area contributed by atoms with Gasteiger partial charge < -0.3 is 0 Å². The van der Waals surface area contributed by atoms with Crippen LogP contribution in [0.15, 0.2) is 24.3 Å². The Hall–Kier alpha value is -0.580. The van der Waals surface area contributed by atoms with Crippen LogP contribution in [0.5, 0.6) is 0 Å². The molecular weight excluding hydrogens is 270 g/mol. The van der Waals surface area contributed by atoms with Crippen molar-refractivity contribution >= 4 is 21.6 Å². The first kappa shape index (κ1) is 13.8. The normalized spacial score (nSPS) is 18.0. The molecule has 100 valence electrons. The van der Waals surface area contributed by atoms with Crippen LogP contribution in [0.3, 0.4) is 0 Å². The second-order valence-corrected chi connectivity index (χ2v) is 7.51. The van der Waals surface area contributed by atoms with Crippen LogP contribution in [0.4, 0.5) is 0 Å². The summed E-state index contributed by atoms with van der Waals surface area (Å²) in [7, 11) is -3.20. The molecule has 1 aromatic carbocycles. The molecule has 1 fully saturated rings. The number of halogens is 1. The van der Waals surface area contributed by atoms with Crippen molar-refractivity contribution in [3.05, 3.63) is 34.9 Å². The van der Waals surface area contributed by atoms with Gasteiger partial charge in [0.1, 0.15) is 0 Å². The Kier molecular flexibility index (Phi) is 3.99. The molecule has 0 spiro atoms. The molecule has 0 radical (unpaired) electrons. The van der Waals surface area contributed by atoms with Crippen molar-refractivity contribution in [1.82, 2.24) is 4.72 Å². The van der Waals surface area contributed by atoms with Gasteiger partial charge in [0.2, 0.25) is 10.0 Å². The second kappa shape index (κ2) is 5.19.